The fourth-order valence-corrected chi connectivity index (χ4v) is 3.65. The van der Waals surface area contributed by atoms with Crippen molar-refractivity contribution < 1.29 is 4.52 Å². The van der Waals surface area contributed by atoms with Gasteiger partial charge in [0.15, 0.2) is 0 Å². The van der Waals surface area contributed by atoms with Crippen LogP contribution in [-0.2, 0) is 6.54 Å². The Morgan fingerprint density at radius 2 is 1.89 bits per heavy atom. The molecule has 0 spiro atoms. The van der Waals surface area contributed by atoms with Gasteiger partial charge in [-0.3, -0.25) is 0 Å². The Balaban J connectivity index is 1.76. The quantitative estimate of drug-likeness (QED) is 0.403. The van der Waals surface area contributed by atoms with Crippen molar-refractivity contribution >= 4 is 39.8 Å². The number of hydrogen-bond acceptors (Lipinski definition) is 4. The molecule has 2 aromatic heterocycles. The van der Waals surface area contributed by atoms with E-state index < -0.39 is 0 Å². The molecular formula is C21H17Cl2N3O. The number of hydrogen-bond donors (Lipinski definition) is 1. The van der Waals surface area contributed by atoms with Crippen molar-refractivity contribution in [3.8, 4) is 11.1 Å². The number of benzene rings is 2. The molecular weight excluding hydrogens is 381 g/mol. The minimum absolute atomic E-state index is 0.446. The van der Waals surface area contributed by atoms with Gasteiger partial charge < -0.3 is 9.84 Å². The van der Waals surface area contributed by atoms with Crippen LogP contribution in [0.3, 0.4) is 0 Å². The fraction of sp³-hybridized carbons (Fsp3) is 0.143. The molecule has 0 aliphatic heterocycles. The standard InChI is InChI=1S/C21H17Cl2N3O/c1-12-20(13(2)27-26-12)16-7-6-15-10-19(23)25-21(18(15)9-16)24-11-14-4-3-5-17(22)8-14/h3-10H,11H2,1-2H3,(H,24,25). The van der Waals surface area contributed by atoms with Gasteiger partial charge in [0.1, 0.15) is 16.7 Å². The number of nitrogens with zero attached hydrogens (tertiary/aromatic N) is 2. The monoisotopic (exact) mass is 397 g/mol. The SMILES string of the molecule is Cc1noc(C)c1-c1ccc2cc(Cl)nc(NCc3cccc(Cl)c3)c2c1. The van der Waals surface area contributed by atoms with Crippen LogP contribution in [0.2, 0.25) is 10.2 Å². The molecule has 4 nitrogen and oxygen atoms in total. The van der Waals surface area contributed by atoms with Gasteiger partial charge in [0.2, 0.25) is 0 Å². The van der Waals surface area contributed by atoms with Crippen LogP contribution in [0.4, 0.5) is 5.82 Å². The van der Waals surface area contributed by atoms with Gasteiger partial charge in [-0.2, -0.15) is 0 Å². The molecule has 6 heteroatoms. The predicted molar refractivity (Wildman–Crippen MR) is 111 cm³/mol. The Kier molecular flexibility index (Phi) is 4.77. The van der Waals surface area contributed by atoms with E-state index >= 15 is 0 Å². The third kappa shape index (κ3) is 3.64. The van der Waals surface area contributed by atoms with E-state index in [9.17, 15) is 0 Å². The lowest BCUT2D eigenvalue weighted by atomic mass is 10.0. The summed E-state index contributed by atoms with van der Waals surface area (Å²) in [5.74, 6) is 1.52. The van der Waals surface area contributed by atoms with Gasteiger partial charge in [-0.15, -0.1) is 0 Å². The maximum absolute atomic E-state index is 6.22. The third-order valence-electron chi connectivity index (χ3n) is 4.47. The first kappa shape index (κ1) is 17.8. The van der Waals surface area contributed by atoms with Crippen LogP contribution in [0, 0.1) is 13.8 Å². The molecule has 0 saturated carbocycles. The van der Waals surface area contributed by atoms with Crippen molar-refractivity contribution in [2.24, 2.45) is 0 Å². The topological polar surface area (TPSA) is 51.0 Å². The van der Waals surface area contributed by atoms with E-state index in [1.807, 2.05) is 56.3 Å². The highest BCUT2D eigenvalue weighted by atomic mass is 35.5. The number of fused-ring (bicyclic) bond motifs is 1. The lowest BCUT2D eigenvalue weighted by Crippen LogP contribution is -2.02. The molecule has 2 heterocycles. The van der Waals surface area contributed by atoms with Crippen molar-refractivity contribution in [1.29, 1.82) is 0 Å². The van der Waals surface area contributed by atoms with Crippen molar-refractivity contribution in [2.45, 2.75) is 20.4 Å². The van der Waals surface area contributed by atoms with E-state index in [0.717, 1.165) is 44.7 Å². The summed E-state index contributed by atoms with van der Waals surface area (Å²) in [6.45, 7) is 4.45. The van der Waals surface area contributed by atoms with Crippen molar-refractivity contribution in [3.05, 3.63) is 75.7 Å². The van der Waals surface area contributed by atoms with Crippen molar-refractivity contribution in [1.82, 2.24) is 10.1 Å². The first-order valence-corrected chi connectivity index (χ1v) is 9.29. The predicted octanol–water partition coefficient (Wildman–Crippen LogP) is 6.43. The Bertz CT molecular complexity index is 1120. The molecule has 0 radical (unpaired) electrons. The van der Waals surface area contributed by atoms with Crippen LogP contribution in [0.1, 0.15) is 17.0 Å². The van der Waals surface area contributed by atoms with Gasteiger partial charge in [0, 0.05) is 22.5 Å². The average molecular weight is 398 g/mol. The molecule has 0 fully saturated rings. The van der Waals surface area contributed by atoms with Gasteiger partial charge in [0.05, 0.1) is 5.69 Å². The first-order valence-electron chi connectivity index (χ1n) is 8.53. The summed E-state index contributed by atoms with van der Waals surface area (Å²) in [7, 11) is 0. The maximum atomic E-state index is 6.22. The smallest absolute Gasteiger partial charge is 0.141 e. The van der Waals surface area contributed by atoms with Crippen LogP contribution in [-0.4, -0.2) is 10.1 Å². The fourth-order valence-electron chi connectivity index (χ4n) is 3.23. The molecule has 0 aliphatic rings. The van der Waals surface area contributed by atoms with E-state index in [-0.39, 0.29) is 0 Å². The minimum Gasteiger partial charge on any atom is -0.365 e. The van der Waals surface area contributed by atoms with Crippen LogP contribution in [0.5, 0.6) is 0 Å². The molecule has 27 heavy (non-hydrogen) atoms. The number of anilines is 1. The highest BCUT2D eigenvalue weighted by Crippen LogP contribution is 2.33. The molecule has 0 atom stereocenters. The van der Waals surface area contributed by atoms with Crippen LogP contribution in [0.15, 0.2) is 53.1 Å². The van der Waals surface area contributed by atoms with Crippen LogP contribution < -0.4 is 5.32 Å². The zero-order valence-corrected chi connectivity index (χ0v) is 16.4. The van der Waals surface area contributed by atoms with Gasteiger partial charge in [0.25, 0.3) is 0 Å². The highest BCUT2D eigenvalue weighted by Gasteiger charge is 2.14. The molecule has 1 N–H and O–H groups in total. The summed E-state index contributed by atoms with van der Waals surface area (Å²) in [4.78, 5) is 4.49. The van der Waals surface area contributed by atoms with E-state index in [0.29, 0.717) is 16.7 Å². The summed E-state index contributed by atoms with van der Waals surface area (Å²) < 4.78 is 5.31. The zero-order valence-electron chi connectivity index (χ0n) is 14.9. The van der Waals surface area contributed by atoms with Crippen LogP contribution >= 0.6 is 23.2 Å². The summed E-state index contributed by atoms with van der Waals surface area (Å²) in [5, 5.41) is 10.6. The number of aryl methyl sites for hydroxylation is 2. The van der Waals surface area contributed by atoms with Gasteiger partial charge in [-0.05, 0) is 54.6 Å². The zero-order chi connectivity index (χ0) is 19.0. The van der Waals surface area contributed by atoms with Gasteiger partial charge in [-0.1, -0.05) is 52.6 Å². The number of aromatic nitrogens is 2. The van der Waals surface area contributed by atoms with E-state index in [4.69, 9.17) is 27.7 Å². The van der Waals surface area contributed by atoms with Crippen molar-refractivity contribution in [3.63, 3.8) is 0 Å². The summed E-state index contributed by atoms with van der Waals surface area (Å²) in [6.07, 6.45) is 0. The molecule has 0 aliphatic carbocycles. The number of pyridine rings is 1. The van der Waals surface area contributed by atoms with Gasteiger partial charge in [-0.25, -0.2) is 4.98 Å². The normalized spacial score (nSPS) is 11.1. The molecule has 2 aromatic carbocycles. The Morgan fingerprint density at radius 3 is 2.63 bits per heavy atom. The molecule has 4 aromatic rings. The second-order valence-corrected chi connectivity index (χ2v) is 7.24. The molecule has 4 rings (SSSR count). The lowest BCUT2D eigenvalue weighted by Gasteiger charge is -2.11. The van der Waals surface area contributed by atoms with Crippen LogP contribution in [0.25, 0.3) is 21.9 Å². The summed E-state index contributed by atoms with van der Waals surface area (Å²) in [5.41, 5.74) is 3.97. The second-order valence-electron chi connectivity index (χ2n) is 6.41. The van der Waals surface area contributed by atoms with E-state index in [2.05, 4.69) is 21.5 Å². The molecule has 136 valence electrons. The lowest BCUT2D eigenvalue weighted by molar-refractivity contribution is 0.393. The van der Waals surface area contributed by atoms with E-state index in [1.54, 1.807) is 0 Å². The van der Waals surface area contributed by atoms with Crippen molar-refractivity contribution in [2.75, 3.05) is 5.32 Å². The van der Waals surface area contributed by atoms with E-state index in [1.165, 1.54) is 0 Å². The minimum atomic E-state index is 0.446. The summed E-state index contributed by atoms with van der Waals surface area (Å²) in [6, 6.07) is 15.8. The summed E-state index contributed by atoms with van der Waals surface area (Å²) >= 11 is 12.3. The highest BCUT2D eigenvalue weighted by molar-refractivity contribution is 6.30. The Labute approximate surface area is 167 Å². The molecule has 0 amide bonds. The first-order chi connectivity index (χ1) is 13.0. The largest absolute Gasteiger partial charge is 0.365 e. The third-order valence-corrected chi connectivity index (χ3v) is 4.90. The second kappa shape index (κ2) is 7.22. The number of nitrogens with one attached hydrogen (secondary N) is 1. The molecule has 0 saturated heterocycles. The van der Waals surface area contributed by atoms with Gasteiger partial charge >= 0.3 is 0 Å². The molecule has 0 unspecified atom stereocenters. The Morgan fingerprint density at radius 1 is 1.04 bits per heavy atom. The maximum Gasteiger partial charge on any atom is 0.141 e. The molecule has 0 bridgehead atoms. The number of halogens is 2. The Hall–Kier alpha value is -2.56. The average Bonchev–Trinajstić information content (AvgIpc) is 2.98. The number of rotatable bonds is 4.